The summed E-state index contributed by atoms with van der Waals surface area (Å²) in [4.78, 5) is 26.9. The highest BCUT2D eigenvalue weighted by molar-refractivity contribution is 5.88. The van der Waals surface area contributed by atoms with Gasteiger partial charge in [-0.05, 0) is 31.1 Å². The van der Waals surface area contributed by atoms with Gasteiger partial charge in [0, 0.05) is 38.1 Å². The Morgan fingerprint density at radius 1 is 1.32 bits per heavy atom. The highest BCUT2D eigenvalue weighted by Crippen LogP contribution is 2.23. The molecule has 25 heavy (non-hydrogen) atoms. The van der Waals surface area contributed by atoms with E-state index in [2.05, 4.69) is 26.8 Å². The largest absolute Gasteiger partial charge is 0.371 e. The Hall–Kier alpha value is -3.02. The van der Waals surface area contributed by atoms with Gasteiger partial charge in [-0.15, -0.1) is 0 Å². The van der Waals surface area contributed by atoms with Gasteiger partial charge in [0.1, 0.15) is 5.52 Å². The highest BCUT2D eigenvalue weighted by Gasteiger charge is 2.21. The average molecular weight is 335 g/mol. The molecule has 0 bridgehead atoms. The van der Waals surface area contributed by atoms with Crippen molar-refractivity contribution in [1.29, 1.82) is 0 Å². The first kappa shape index (κ1) is 16.8. The van der Waals surface area contributed by atoms with Crippen LogP contribution < -0.4 is 5.32 Å². The number of rotatable bonds is 5. The van der Waals surface area contributed by atoms with Gasteiger partial charge in [-0.1, -0.05) is 18.7 Å². The minimum Gasteiger partial charge on any atom is -0.371 e. The van der Waals surface area contributed by atoms with Gasteiger partial charge in [-0.3, -0.25) is 9.78 Å². The molecule has 3 rings (SSSR count). The number of hydrogen-bond acceptors (Lipinski definition) is 5. The van der Waals surface area contributed by atoms with Gasteiger partial charge in [-0.2, -0.15) is 0 Å². The Bertz CT molecular complexity index is 885. The van der Waals surface area contributed by atoms with Crippen LogP contribution in [-0.4, -0.2) is 39.4 Å². The van der Waals surface area contributed by atoms with Gasteiger partial charge in [-0.25, -0.2) is 9.97 Å². The van der Waals surface area contributed by atoms with Crippen LogP contribution in [-0.2, 0) is 4.79 Å². The van der Waals surface area contributed by atoms with Crippen molar-refractivity contribution >= 4 is 28.3 Å². The van der Waals surface area contributed by atoms with Gasteiger partial charge in [0.15, 0.2) is 5.82 Å². The Balaban J connectivity index is 1.88. The Kier molecular flexibility index (Phi) is 4.88. The van der Waals surface area contributed by atoms with Crippen molar-refractivity contribution in [3.8, 4) is 0 Å². The number of fused-ring (bicyclic) bond motifs is 1. The molecule has 1 amide bonds. The van der Waals surface area contributed by atoms with Gasteiger partial charge < -0.3 is 10.2 Å². The Morgan fingerprint density at radius 3 is 2.80 bits per heavy atom. The standard InChI is InChI=1S/C19H21N5O/c1-4-14(24-11-5-6-17(24)25)8-7-13(2)15-12-16-18(19(20-3)23-15)22-10-9-21-16/h4,7-10,12H,2,5-6,11H2,1,3H3,(H,20,23)/b8-7-,14-4+. The van der Waals surface area contributed by atoms with E-state index in [1.807, 2.05) is 36.1 Å². The fourth-order valence-electron chi connectivity index (χ4n) is 2.85. The molecular formula is C19H21N5O. The van der Waals surface area contributed by atoms with E-state index in [9.17, 15) is 4.79 Å². The van der Waals surface area contributed by atoms with Crippen molar-refractivity contribution in [3.05, 3.63) is 54.7 Å². The molecule has 2 aromatic heterocycles. The van der Waals surface area contributed by atoms with Gasteiger partial charge >= 0.3 is 0 Å². The number of pyridine rings is 1. The van der Waals surface area contributed by atoms with Crippen molar-refractivity contribution in [2.45, 2.75) is 19.8 Å². The minimum absolute atomic E-state index is 0.167. The summed E-state index contributed by atoms with van der Waals surface area (Å²) in [5, 5.41) is 3.05. The van der Waals surface area contributed by atoms with E-state index in [1.165, 1.54) is 0 Å². The molecule has 0 saturated carbocycles. The molecule has 0 aliphatic carbocycles. The number of hydrogen-bond donors (Lipinski definition) is 1. The summed E-state index contributed by atoms with van der Waals surface area (Å²) < 4.78 is 0. The molecule has 0 aromatic carbocycles. The highest BCUT2D eigenvalue weighted by atomic mass is 16.2. The number of amides is 1. The molecule has 1 saturated heterocycles. The maximum absolute atomic E-state index is 11.9. The van der Waals surface area contributed by atoms with Crippen LogP contribution in [0.3, 0.4) is 0 Å². The number of likely N-dealkylation sites (tertiary alicyclic amines) is 1. The lowest BCUT2D eigenvalue weighted by Gasteiger charge is -2.16. The van der Waals surface area contributed by atoms with Crippen molar-refractivity contribution in [2.75, 3.05) is 18.9 Å². The third-order valence-electron chi connectivity index (χ3n) is 4.16. The van der Waals surface area contributed by atoms with Crippen molar-refractivity contribution in [3.63, 3.8) is 0 Å². The van der Waals surface area contributed by atoms with Gasteiger partial charge in [0.25, 0.3) is 0 Å². The van der Waals surface area contributed by atoms with Crippen molar-refractivity contribution in [2.24, 2.45) is 0 Å². The van der Waals surface area contributed by atoms with E-state index in [1.54, 1.807) is 19.4 Å². The molecule has 128 valence electrons. The van der Waals surface area contributed by atoms with Gasteiger partial charge in [0.05, 0.1) is 11.2 Å². The summed E-state index contributed by atoms with van der Waals surface area (Å²) in [6.45, 7) is 6.80. The molecule has 1 N–H and O–H groups in total. The summed E-state index contributed by atoms with van der Waals surface area (Å²) >= 11 is 0. The number of anilines is 1. The van der Waals surface area contributed by atoms with Crippen molar-refractivity contribution < 1.29 is 4.79 Å². The number of aromatic nitrogens is 3. The van der Waals surface area contributed by atoms with Crippen LogP contribution >= 0.6 is 0 Å². The van der Waals surface area contributed by atoms with E-state index in [4.69, 9.17) is 0 Å². The summed E-state index contributed by atoms with van der Waals surface area (Å²) in [5.74, 6) is 0.830. The molecule has 1 fully saturated rings. The number of nitrogens with zero attached hydrogens (tertiary/aromatic N) is 4. The third kappa shape index (κ3) is 3.42. The number of allylic oxidation sites excluding steroid dienone is 4. The number of nitrogens with one attached hydrogen (secondary N) is 1. The maximum atomic E-state index is 11.9. The summed E-state index contributed by atoms with van der Waals surface area (Å²) in [6, 6.07) is 1.87. The molecule has 0 atom stereocenters. The molecule has 2 aromatic rings. The lowest BCUT2D eigenvalue weighted by molar-refractivity contribution is -0.125. The Morgan fingerprint density at radius 2 is 2.12 bits per heavy atom. The number of carbonyl (C=O) groups is 1. The lowest BCUT2D eigenvalue weighted by Crippen LogP contribution is -2.22. The van der Waals surface area contributed by atoms with Crippen LogP contribution in [0.4, 0.5) is 5.82 Å². The summed E-state index contributed by atoms with van der Waals surface area (Å²) in [7, 11) is 1.80. The molecule has 6 nitrogen and oxygen atoms in total. The first-order valence-corrected chi connectivity index (χ1v) is 8.27. The van der Waals surface area contributed by atoms with E-state index in [0.717, 1.165) is 41.0 Å². The molecule has 0 radical (unpaired) electrons. The topological polar surface area (TPSA) is 71.0 Å². The van der Waals surface area contributed by atoms with E-state index in [-0.39, 0.29) is 5.91 Å². The zero-order valence-corrected chi connectivity index (χ0v) is 14.5. The summed E-state index contributed by atoms with van der Waals surface area (Å²) in [6.07, 6.45) is 10.5. The molecule has 0 spiro atoms. The monoisotopic (exact) mass is 335 g/mol. The Labute approximate surface area is 147 Å². The SMILES string of the molecule is C=C(/C=C\C(=C/C)N1CCCC1=O)c1cc2nccnc2c(NC)n1. The van der Waals surface area contributed by atoms with Crippen LogP contribution in [0.15, 0.2) is 49.0 Å². The fourth-order valence-corrected chi connectivity index (χ4v) is 2.85. The number of carbonyl (C=O) groups excluding carboxylic acids is 1. The van der Waals surface area contributed by atoms with E-state index >= 15 is 0 Å². The quantitative estimate of drug-likeness (QED) is 0.850. The van der Waals surface area contributed by atoms with E-state index in [0.29, 0.717) is 12.2 Å². The van der Waals surface area contributed by atoms with Crippen molar-refractivity contribution in [1.82, 2.24) is 19.9 Å². The van der Waals surface area contributed by atoms with E-state index < -0.39 is 0 Å². The van der Waals surface area contributed by atoms with Crippen LogP contribution in [0.5, 0.6) is 0 Å². The van der Waals surface area contributed by atoms with Crippen LogP contribution in [0.1, 0.15) is 25.5 Å². The summed E-state index contributed by atoms with van der Waals surface area (Å²) in [5.41, 5.74) is 3.83. The molecular weight excluding hydrogens is 314 g/mol. The van der Waals surface area contributed by atoms with Crippen LogP contribution in [0.25, 0.3) is 16.6 Å². The lowest BCUT2D eigenvalue weighted by atomic mass is 10.1. The van der Waals surface area contributed by atoms with Gasteiger partial charge in [0.2, 0.25) is 5.91 Å². The maximum Gasteiger partial charge on any atom is 0.227 e. The molecule has 1 aliphatic rings. The normalized spacial score (nSPS) is 15.4. The smallest absolute Gasteiger partial charge is 0.227 e. The van der Waals surface area contributed by atoms with Crippen LogP contribution in [0.2, 0.25) is 0 Å². The second kappa shape index (κ2) is 7.25. The predicted octanol–water partition coefficient (Wildman–Crippen LogP) is 3.16. The second-order valence-electron chi connectivity index (χ2n) is 5.75. The molecule has 1 aliphatic heterocycles. The first-order valence-electron chi connectivity index (χ1n) is 8.27. The molecule has 0 unspecified atom stereocenters. The second-order valence-corrected chi connectivity index (χ2v) is 5.75. The minimum atomic E-state index is 0.167. The zero-order valence-electron chi connectivity index (χ0n) is 14.5. The molecule has 6 heteroatoms. The average Bonchev–Trinajstić information content (AvgIpc) is 3.07. The predicted molar refractivity (Wildman–Crippen MR) is 99.8 cm³/mol. The zero-order chi connectivity index (χ0) is 17.8. The van der Waals surface area contributed by atoms with Crippen LogP contribution in [0, 0.1) is 0 Å². The molecule has 3 heterocycles. The third-order valence-corrected chi connectivity index (χ3v) is 4.16. The fraction of sp³-hybridized carbons (Fsp3) is 0.263. The first-order chi connectivity index (χ1) is 12.1.